The summed E-state index contributed by atoms with van der Waals surface area (Å²) in [5.41, 5.74) is 4.10. The number of aromatic nitrogens is 4. The lowest BCUT2D eigenvalue weighted by atomic mass is 9.87. The van der Waals surface area contributed by atoms with Crippen molar-refractivity contribution in [3.8, 4) is 0 Å². The Hall–Kier alpha value is -2.64. The van der Waals surface area contributed by atoms with E-state index >= 15 is 0 Å². The van der Waals surface area contributed by atoms with Crippen LogP contribution < -0.4 is 5.32 Å². The molecule has 2 aromatic rings. The smallest absolute Gasteiger partial charge is 0.275 e. The summed E-state index contributed by atoms with van der Waals surface area (Å²) in [6.07, 6.45) is 5.10. The fourth-order valence-corrected chi connectivity index (χ4v) is 4.03. The predicted octanol–water partition coefficient (Wildman–Crippen LogP) is 1.28. The molecule has 0 bridgehead atoms. The summed E-state index contributed by atoms with van der Waals surface area (Å²) >= 11 is 0. The number of hydrogen-bond donors (Lipinski definition) is 2. The topological polar surface area (TPSA) is 95.9 Å². The molecule has 3 heterocycles. The number of carbonyl (C=O) groups excluding carboxylic acids is 2. The van der Waals surface area contributed by atoms with Gasteiger partial charge in [0.15, 0.2) is 11.4 Å². The van der Waals surface area contributed by atoms with Crippen LogP contribution in [0.15, 0.2) is 6.07 Å². The normalized spacial score (nSPS) is 21.5. The van der Waals surface area contributed by atoms with Crippen molar-refractivity contribution in [2.45, 2.75) is 58.2 Å². The summed E-state index contributed by atoms with van der Waals surface area (Å²) in [7, 11) is 0. The zero-order chi connectivity index (χ0) is 18.5. The van der Waals surface area contributed by atoms with Crippen molar-refractivity contribution in [3.63, 3.8) is 0 Å². The second-order valence-corrected chi connectivity index (χ2v) is 8.10. The number of carbonyl (C=O) groups is 2. The highest BCUT2D eigenvalue weighted by Crippen LogP contribution is 2.27. The molecule has 2 amide bonds. The molecule has 2 N–H and O–H groups in total. The third kappa shape index (κ3) is 3.02. The van der Waals surface area contributed by atoms with Gasteiger partial charge in [-0.1, -0.05) is 6.92 Å². The van der Waals surface area contributed by atoms with Crippen LogP contribution >= 0.6 is 0 Å². The maximum Gasteiger partial charge on any atom is 0.275 e. The highest BCUT2D eigenvalue weighted by atomic mass is 16.2. The second kappa shape index (κ2) is 6.21. The molecule has 0 saturated heterocycles. The lowest BCUT2D eigenvalue weighted by Crippen LogP contribution is -2.39. The van der Waals surface area contributed by atoms with Crippen LogP contribution in [0.2, 0.25) is 0 Å². The molecule has 8 heteroatoms. The second-order valence-electron chi connectivity index (χ2n) is 8.10. The zero-order valence-corrected chi connectivity index (χ0v) is 15.5. The van der Waals surface area contributed by atoms with Crippen molar-refractivity contribution in [2.75, 3.05) is 6.54 Å². The first-order valence-electron chi connectivity index (χ1n) is 9.81. The standard InChI is InChI=1S/C19H24N6O2/c1-11-2-5-15-14(8-11)17(22-21-15)19(27)24-6-7-25-13(10-24)9-16(23-25)18(26)20-12-3-4-12/h9,11-12H,2-8,10H2,1H3,(H,20,26)(H,21,22)/t11-/m1/s1. The minimum absolute atomic E-state index is 0.0296. The SMILES string of the molecule is C[C@@H]1CCc2[nH]nc(C(=O)N3CCn4nc(C(=O)NC5CC5)cc4C3)c2C1. The number of rotatable bonds is 3. The first-order valence-corrected chi connectivity index (χ1v) is 9.81. The molecule has 0 aromatic carbocycles. The molecule has 0 radical (unpaired) electrons. The molecule has 0 unspecified atom stereocenters. The van der Waals surface area contributed by atoms with Crippen molar-refractivity contribution in [3.05, 3.63) is 34.4 Å². The average Bonchev–Trinajstić information content (AvgIpc) is 3.22. The Morgan fingerprint density at radius 2 is 2.11 bits per heavy atom. The Balaban J connectivity index is 1.33. The molecule has 1 aliphatic heterocycles. The number of amides is 2. The third-order valence-corrected chi connectivity index (χ3v) is 5.83. The summed E-state index contributed by atoms with van der Waals surface area (Å²) in [6.45, 7) is 3.85. The van der Waals surface area contributed by atoms with Crippen molar-refractivity contribution in [1.82, 2.24) is 30.2 Å². The van der Waals surface area contributed by atoms with Gasteiger partial charge in [-0.2, -0.15) is 10.2 Å². The number of aromatic amines is 1. The highest BCUT2D eigenvalue weighted by Gasteiger charge is 2.31. The van der Waals surface area contributed by atoms with Gasteiger partial charge in [0, 0.05) is 23.8 Å². The third-order valence-electron chi connectivity index (χ3n) is 5.83. The minimum Gasteiger partial charge on any atom is -0.348 e. The molecule has 1 fully saturated rings. The minimum atomic E-state index is -0.118. The van der Waals surface area contributed by atoms with E-state index in [4.69, 9.17) is 0 Å². The Labute approximate surface area is 157 Å². The first kappa shape index (κ1) is 16.5. The molecule has 8 nitrogen and oxygen atoms in total. The van der Waals surface area contributed by atoms with E-state index in [2.05, 4.69) is 27.5 Å². The molecule has 2 aliphatic carbocycles. The number of nitrogens with zero attached hydrogens (tertiary/aromatic N) is 4. The number of nitrogens with one attached hydrogen (secondary N) is 2. The monoisotopic (exact) mass is 368 g/mol. The van der Waals surface area contributed by atoms with E-state index in [1.54, 1.807) is 6.07 Å². The maximum atomic E-state index is 13.1. The summed E-state index contributed by atoms with van der Waals surface area (Å²) in [5, 5.41) is 14.8. The van der Waals surface area contributed by atoms with Gasteiger partial charge < -0.3 is 10.2 Å². The number of hydrogen-bond acceptors (Lipinski definition) is 4. The van der Waals surface area contributed by atoms with Gasteiger partial charge in [-0.3, -0.25) is 19.4 Å². The number of aryl methyl sites for hydroxylation is 1. The lowest BCUT2D eigenvalue weighted by molar-refractivity contribution is 0.0698. The Morgan fingerprint density at radius 3 is 2.93 bits per heavy atom. The molecule has 5 rings (SSSR count). The van der Waals surface area contributed by atoms with Gasteiger partial charge in [-0.15, -0.1) is 0 Å². The molecule has 1 atom stereocenters. The summed E-state index contributed by atoms with van der Waals surface area (Å²) < 4.78 is 1.84. The van der Waals surface area contributed by atoms with Crippen LogP contribution in [0.4, 0.5) is 0 Å². The number of H-pyrrole nitrogens is 1. The van der Waals surface area contributed by atoms with Crippen LogP contribution in [0, 0.1) is 5.92 Å². The summed E-state index contributed by atoms with van der Waals surface area (Å²) in [6, 6.07) is 2.11. The van der Waals surface area contributed by atoms with Gasteiger partial charge in [0.25, 0.3) is 11.8 Å². The van der Waals surface area contributed by atoms with E-state index in [1.807, 2.05) is 9.58 Å². The molecule has 3 aliphatic rings. The quantitative estimate of drug-likeness (QED) is 0.853. The van der Waals surface area contributed by atoms with E-state index in [-0.39, 0.29) is 11.8 Å². The molecule has 0 spiro atoms. The van der Waals surface area contributed by atoms with E-state index < -0.39 is 0 Å². The highest BCUT2D eigenvalue weighted by molar-refractivity contribution is 5.94. The van der Waals surface area contributed by atoms with Crippen LogP contribution in [0.3, 0.4) is 0 Å². The van der Waals surface area contributed by atoms with Crippen LogP contribution in [0.5, 0.6) is 0 Å². The summed E-state index contributed by atoms with van der Waals surface area (Å²) in [4.78, 5) is 27.1. The molecule has 27 heavy (non-hydrogen) atoms. The molecule has 2 aromatic heterocycles. The lowest BCUT2D eigenvalue weighted by Gasteiger charge is -2.27. The van der Waals surface area contributed by atoms with Gasteiger partial charge >= 0.3 is 0 Å². The average molecular weight is 368 g/mol. The van der Waals surface area contributed by atoms with Crippen LogP contribution in [0.1, 0.15) is 64.1 Å². The van der Waals surface area contributed by atoms with Crippen LogP contribution in [0.25, 0.3) is 0 Å². The Bertz CT molecular complexity index is 909. The predicted molar refractivity (Wildman–Crippen MR) is 97.2 cm³/mol. The van der Waals surface area contributed by atoms with Crippen LogP contribution in [-0.2, 0) is 25.9 Å². The van der Waals surface area contributed by atoms with Crippen molar-refractivity contribution >= 4 is 11.8 Å². The Kier molecular flexibility index (Phi) is 3.80. The van der Waals surface area contributed by atoms with Crippen molar-refractivity contribution in [2.24, 2.45) is 5.92 Å². The zero-order valence-electron chi connectivity index (χ0n) is 15.5. The van der Waals surface area contributed by atoms with Crippen LogP contribution in [-0.4, -0.2) is 49.3 Å². The van der Waals surface area contributed by atoms with Gasteiger partial charge in [0.05, 0.1) is 18.8 Å². The van der Waals surface area contributed by atoms with Gasteiger partial charge in [0.2, 0.25) is 0 Å². The first-order chi connectivity index (χ1) is 13.1. The van der Waals surface area contributed by atoms with E-state index in [9.17, 15) is 9.59 Å². The van der Waals surface area contributed by atoms with Crippen molar-refractivity contribution < 1.29 is 9.59 Å². The molecule has 142 valence electrons. The fourth-order valence-electron chi connectivity index (χ4n) is 4.03. The molecule has 1 saturated carbocycles. The van der Waals surface area contributed by atoms with Gasteiger partial charge in [-0.05, 0) is 44.1 Å². The van der Waals surface area contributed by atoms with E-state index in [1.165, 1.54) is 0 Å². The summed E-state index contributed by atoms with van der Waals surface area (Å²) in [5.74, 6) is 0.433. The fraction of sp³-hybridized carbons (Fsp3) is 0.579. The molecular weight excluding hydrogens is 344 g/mol. The van der Waals surface area contributed by atoms with Gasteiger partial charge in [-0.25, -0.2) is 0 Å². The molecular formula is C19H24N6O2. The van der Waals surface area contributed by atoms with E-state index in [0.717, 1.165) is 49.1 Å². The van der Waals surface area contributed by atoms with Gasteiger partial charge in [0.1, 0.15) is 0 Å². The Morgan fingerprint density at radius 1 is 1.26 bits per heavy atom. The van der Waals surface area contributed by atoms with Crippen molar-refractivity contribution in [1.29, 1.82) is 0 Å². The largest absolute Gasteiger partial charge is 0.348 e. The van der Waals surface area contributed by atoms with E-state index in [0.29, 0.717) is 43.0 Å². The number of fused-ring (bicyclic) bond motifs is 2. The maximum absolute atomic E-state index is 13.1.